The number of hydrogen-bond donors (Lipinski definition) is 1. The molecule has 0 radical (unpaired) electrons. The molecule has 0 saturated carbocycles. The summed E-state index contributed by atoms with van der Waals surface area (Å²) < 4.78 is 1.92. The fourth-order valence-electron chi connectivity index (χ4n) is 2.56. The highest BCUT2D eigenvalue weighted by molar-refractivity contribution is 5.78. The van der Waals surface area contributed by atoms with Crippen molar-refractivity contribution in [2.75, 3.05) is 7.05 Å². The van der Waals surface area contributed by atoms with Crippen molar-refractivity contribution < 1.29 is 0 Å². The Morgan fingerprint density at radius 2 is 2.05 bits per heavy atom. The maximum absolute atomic E-state index is 4.48. The molecule has 0 amide bonds. The van der Waals surface area contributed by atoms with Gasteiger partial charge in [0, 0.05) is 31.4 Å². The molecule has 1 N–H and O–H groups in total. The number of likely N-dealkylation sites (N-methyl/N-ethyl adjacent to an activating group) is 1. The monoisotopic (exact) mass is 282 g/mol. The van der Waals surface area contributed by atoms with Crippen LogP contribution in [0.25, 0.3) is 11.0 Å². The molecule has 6 nitrogen and oxygen atoms in total. The second-order valence-electron chi connectivity index (χ2n) is 4.81. The van der Waals surface area contributed by atoms with E-state index in [2.05, 4.69) is 38.4 Å². The number of aryl methyl sites for hydroxylation is 1. The maximum atomic E-state index is 4.48. The van der Waals surface area contributed by atoms with Gasteiger partial charge in [-0.05, 0) is 25.6 Å². The van der Waals surface area contributed by atoms with E-state index in [9.17, 15) is 0 Å². The Labute approximate surface area is 123 Å². The smallest absolute Gasteiger partial charge is 0.138 e. The summed E-state index contributed by atoms with van der Waals surface area (Å²) in [6.45, 7) is 2.89. The molecule has 2 heterocycles. The molecule has 1 aromatic carbocycles. The van der Waals surface area contributed by atoms with Gasteiger partial charge in [0.2, 0.25) is 0 Å². The van der Waals surface area contributed by atoms with Gasteiger partial charge in [-0.1, -0.05) is 12.1 Å². The van der Waals surface area contributed by atoms with Gasteiger partial charge in [0.05, 0.1) is 11.0 Å². The second kappa shape index (κ2) is 5.97. The van der Waals surface area contributed by atoms with Crippen molar-refractivity contribution in [1.82, 2.24) is 30.0 Å². The lowest BCUT2D eigenvalue weighted by molar-refractivity contribution is 0.535. The molecule has 0 bridgehead atoms. The average Bonchev–Trinajstić information content (AvgIpc) is 2.99. The van der Waals surface area contributed by atoms with Gasteiger partial charge in [-0.2, -0.15) is 5.10 Å². The minimum Gasteiger partial charge on any atom is -0.313 e. The number of aromatic nitrogens is 5. The summed E-state index contributed by atoms with van der Waals surface area (Å²) in [6, 6.07) is 6.21. The van der Waals surface area contributed by atoms with Crippen molar-refractivity contribution in [3.63, 3.8) is 0 Å². The zero-order valence-corrected chi connectivity index (χ0v) is 12.2. The predicted molar refractivity (Wildman–Crippen MR) is 80.7 cm³/mol. The summed E-state index contributed by atoms with van der Waals surface area (Å²) >= 11 is 0. The number of fused-ring (bicyclic) bond motifs is 1. The number of rotatable bonds is 5. The summed E-state index contributed by atoms with van der Waals surface area (Å²) in [4.78, 5) is 13.2. The largest absolute Gasteiger partial charge is 0.313 e. The number of para-hydroxylation sites is 1. The van der Waals surface area contributed by atoms with Crippen LogP contribution < -0.4 is 5.32 Å². The lowest BCUT2D eigenvalue weighted by atomic mass is 10.0. The number of nitrogens with zero attached hydrogens (tertiary/aromatic N) is 5. The van der Waals surface area contributed by atoms with Crippen LogP contribution in [-0.2, 0) is 13.0 Å². The Hall–Kier alpha value is -2.34. The first kappa shape index (κ1) is 13.6. The van der Waals surface area contributed by atoms with Crippen LogP contribution in [0, 0.1) is 0 Å². The zero-order chi connectivity index (χ0) is 14.7. The maximum Gasteiger partial charge on any atom is 0.138 e. The fraction of sp³-hybridized carbons (Fsp3) is 0.333. The molecule has 0 aliphatic carbocycles. The first-order valence-corrected chi connectivity index (χ1v) is 7.07. The number of benzene rings is 1. The van der Waals surface area contributed by atoms with E-state index in [-0.39, 0.29) is 6.04 Å². The molecular formula is C15H18N6. The van der Waals surface area contributed by atoms with Crippen LogP contribution in [0.1, 0.15) is 24.4 Å². The molecule has 21 heavy (non-hydrogen) atoms. The van der Waals surface area contributed by atoms with Crippen LogP contribution in [0.15, 0.2) is 36.9 Å². The normalized spacial score (nSPS) is 12.7. The molecule has 2 aromatic heterocycles. The van der Waals surface area contributed by atoms with Gasteiger partial charge < -0.3 is 5.32 Å². The second-order valence-corrected chi connectivity index (χ2v) is 4.81. The standard InChI is InChI=1S/C15H18N6/c1-3-21-14(19-10-20-21)9-13(16-2)11-5-4-6-12-15(11)18-8-7-17-12/h4-8,10,13,16H,3,9H2,1-2H3. The van der Waals surface area contributed by atoms with E-state index in [1.54, 1.807) is 18.7 Å². The minimum absolute atomic E-state index is 0.125. The molecule has 1 atom stereocenters. The summed E-state index contributed by atoms with van der Waals surface area (Å²) in [7, 11) is 1.95. The molecule has 3 aromatic rings. The lowest BCUT2D eigenvalue weighted by Gasteiger charge is -2.17. The van der Waals surface area contributed by atoms with Gasteiger partial charge in [-0.25, -0.2) is 4.98 Å². The van der Waals surface area contributed by atoms with Gasteiger partial charge >= 0.3 is 0 Å². The lowest BCUT2D eigenvalue weighted by Crippen LogP contribution is -2.21. The van der Waals surface area contributed by atoms with E-state index in [4.69, 9.17) is 0 Å². The Morgan fingerprint density at radius 1 is 1.19 bits per heavy atom. The Bertz CT molecular complexity index is 730. The van der Waals surface area contributed by atoms with Crippen LogP contribution >= 0.6 is 0 Å². The first-order valence-electron chi connectivity index (χ1n) is 7.07. The Balaban J connectivity index is 1.99. The molecule has 108 valence electrons. The molecule has 6 heteroatoms. The van der Waals surface area contributed by atoms with Crippen LogP contribution in [-0.4, -0.2) is 31.8 Å². The fourth-order valence-corrected chi connectivity index (χ4v) is 2.56. The summed E-state index contributed by atoms with van der Waals surface area (Å²) in [5.74, 6) is 0.970. The highest BCUT2D eigenvalue weighted by Gasteiger charge is 2.17. The molecule has 0 aliphatic rings. The van der Waals surface area contributed by atoms with E-state index in [1.807, 2.05) is 23.9 Å². The van der Waals surface area contributed by atoms with E-state index < -0.39 is 0 Å². The third kappa shape index (κ3) is 2.62. The molecule has 0 aliphatic heterocycles. The molecule has 0 spiro atoms. The molecule has 1 unspecified atom stereocenters. The van der Waals surface area contributed by atoms with Crippen molar-refractivity contribution in [1.29, 1.82) is 0 Å². The van der Waals surface area contributed by atoms with Gasteiger partial charge in [0.1, 0.15) is 12.2 Å². The minimum atomic E-state index is 0.125. The quantitative estimate of drug-likeness (QED) is 0.772. The molecular weight excluding hydrogens is 264 g/mol. The predicted octanol–water partition coefficient (Wildman–Crippen LogP) is 1.74. The van der Waals surface area contributed by atoms with E-state index in [0.29, 0.717) is 0 Å². The Kier molecular flexibility index (Phi) is 3.87. The van der Waals surface area contributed by atoms with E-state index in [0.717, 1.165) is 35.4 Å². The third-order valence-electron chi connectivity index (χ3n) is 3.64. The number of nitrogens with one attached hydrogen (secondary N) is 1. The van der Waals surface area contributed by atoms with Crippen molar-refractivity contribution in [3.8, 4) is 0 Å². The summed E-state index contributed by atoms with van der Waals surface area (Å²) in [5, 5.41) is 7.58. The average molecular weight is 282 g/mol. The molecule has 0 fully saturated rings. The highest BCUT2D eigenvalue weighted by Crippen LogP contribution is 2.23. The Morgan fingerprint density at radius 3 is 2.86 bits per heavy atom. The van der Waals surface area contributed by atoms with Gasteiger partial charge in [0.25, 0.3) is 0 Å². The summed E-state index contributed by atoms with van der Waals surface area (Å²) in [6.07, 6.45) is 5.82. The summed E-state index contributed by atoms with van der Waals surface area (Å²) in [5.41, 5.74) is 2.97. The van der Waals surface area contributed by atoms with E-state index in [1.165, 1.54) is 0 Å². The van der Waals surface area contributed by atoms with Gasteiger partial charge in [-0.15, -0.1) is 0 Å². The van der Waals surface area contributed by atoms with Crippen molar-refractivity contribution in [3.05, 3.63) is 48.3 Å². The third-order valence-corrected chi connectivity index (χ3v) is 3.64. The first-order chi connectivity index (χ1) is 10.3. The molecule has 3 rings (SSSR count). The molecule has 0 saturated heterocycles. The van der Waals surface area contributed by atoms with Gasteiger partial charge in [0.15, 0.2) is 0 Å². The van der Waals surface area contributed by atoms with Crippen LogP contribution in [0.2, 0.25) is 0 Å². The highest BCUT2D eigenvalue weighted by atomic mass is 15.3. The van der Waals surface area contributed by atoms with Crippen molar-refractivity contribution in [2.24, 2.45) is 0 Å². The van der Waals surface area contributed by atoms with Gasteiger partial charge in [-0.3, -0.25) is 14.6 Å². The van der Waals surface area contributed by atoms with Crippen LogP contribution in [0.5, 0.6) is 0 Å². The van der Waals surface area contributed by atoms with Crippen molar-refractivity contribution >= 4 is 11.0 Å². The van der Waals surface area contributed by atoms with Crippen molar-refractivity contribution in [2.45, 2.75) is 25.9 Å². The van der Waals surface area contributed by atoms with Crippen LogP contribution in [0.3, 0.4) is 0 Å². The van der Waals surface area contributed by atoms with E-state index >= 15 is 0 Å². The SMILES string of the molecule is CCn1ncnc1CC(NC)c1cccc2nccnc12. The number of hydrogen-bond acceptors (Lipinski definition) is 5. The zero-order valence-electron chi connectivity index (χ0n) is 12.2. The topological polar surface area (TPSA) is 68.5 Å². The van der Waals surface area contributed by atoms with Crippen LogP contribution in [0.4, 0.5) is 0 Å².